The van der Waals surface area contributed by atoms with E-state index in [1.807, 2.05) is 0 Å². The zero-order chi connectivity index (χ0) is 11.3. The minimum Gasteiger partial charge on any atom is -0.395 e. The lowest BCUT2D eigenvalue weighted by Crippen LogP contribution is -2.06. The Morgan fingerprint density at radius 2 is 2.07 bits per heavy atom. The fraction of sp³-hybridized carbons (Fsp3) is 0.333. The van der Waals surface area contributed by atoms with Crippen molar-refractivity contribution in [1.29, 1.82) is 0 Å². The van der Waals surface area contributed by atoms with Crippen LogP contribution in [0.5, 0.6) is 0 Å². The first-order valence-electron chi connectivity index (χ1n) is 4.49. The van der Waals surface area contributed by atoms with E-state index in [0.29, 0.717) is 17.9 Å². The van der Waals surface area contributed by atoms with E-state index >= 15 is 0 Å². The van der Waals surface area contributed by atoms with E-state index in [0.717, 1.165) is 0 Å². The molecule has 15 heavy (non-hydrogen) atoms. The van der Waals surface area contributed by atoms with Crippen LogP contribution in [-0.4, -0.2) is 30.2 Å². The van der Waals surface area contributed by atoms with Crippen LogP contribution >= 0.6 is 0 Å². The van der Waals surface area contributed by atoms with Gasteiger partial charge in [0.25, 0.3) is 5.69 Å². The summed E-state index contributed by atoms with van der Waals surface area (Å²) in [7, 11) is 1.69. The Balaban J connectivity index is 2.95. The summed E-state index contributed by atoms with van der Waals surface area (Å²) < 4.78 is 0. The number of nitrogens with one attached hydrogen (secondary N) is 2. The van der Waals surface area contributed by atoms with Crippen molar-refractivity contribution in [2.24, 2.45) is 0 Å². The number of hydrogen-bond donors (Lipinski definition) is 3. The predicted octanol–water partition coefficient (Wildman–Crippen LogP) is 1.04. The summed E-state index contributed by atoms with van der Waals surface area (Å²) in [6.45, 7) is 0.349. The summed E-state index contributed by atoms with van der Waals surface area (Å²) in [4.78, 5) is 10.1. The summed E-state index contributed by atoms with van der Waals surface area (Å²) in [6.07, 6.45) is 0. The van der Waals surface area contributed by atoms with Crippen molar-refractivity contribution in [3.05, 3.63) is 28.3 Å². The molecular weight excluding hydrogens is 198 g/mol. The topological polar surface area (TPSA) is 87.4 Å². The van der Waals surface area contributed by atoms with Gasteiger partial charge in [-0.15, -0.1) is 0 Å². The minimum atomic E-state index is -0.453. The molecule has 0 fully saturated rings. The van der Waals surface area contributed by atoms with Crippen LogP contribution in [0, 0.1) is 10.1 Å². The monoisotopic (exact) mass is 211 g/mol. The third kappa shape index (κ3) is 3.10. The first-order chi connectivity index (χ1) is 7.17. The van der Waals surface area contributed by atoms with Crippen molar-refractivity contribution < 1.29 is 10.0 Å². The number of nitro benzene ring substituents is 1. The van der Waals surface area contributed by atoms with Gasteiger partial charge in [-0.1, -0.05) is 0 Å². The second-order valence-corrected chi connectivity index (χ2v) is 2.93. The molecule has 6 heteroatoms. The zero-order valence-corrected chi connectivity index (χ0v) is 8.36. The molecule has 0 radical (unpaired) electrons. The summed E-state index contributed by atoms with van der Waals surface area (Å²) in [5.41, 5.74) is 1.29. The Hall–Kier alpha value is -1.82. The van der Waals surface area contributed by atoms with E-state index in [9.17, 15) is 10.1 Å². The SMILES string of the molecule is CNc1cc(NCCO)cc([N+](=O)[O-])c1. The van der Waals surface area contributed by atoms with Gasteiger partial charge < -0.3 is 15.7 Å². The Morgan fingerprint density at radius 1 is 1.40 bits per heavy atom. The highest BCUT2D eigenvalue weighted by atomic mass is 16.6. The summed E-state index contributed by atoms with van der Waals surface area (Å²) in [5.74, 6) is 0. The minimum absolute atomic E-state index is 0.0160. The number of anilines is 2. The number of nitrogens with zero attached hydrogens (tertiary/aromatic N) is 1. The fourth-order valence-electron chi connectivity index (χ4n) is 1.16. The molecule has 6 nitrogen and oxygen atoms in total. The van der Waals surface area contributed by atoms with Crippen LogP contribution < -0.4 is 10.6 Å². The largest absolute Gasteiger partial charge is 0.395 e. The number of hydrogen-bond acceptors (Lipinski definition) is 5. The summed E-state index contributed by atoms with van der Waals surface area (Å²) >= 11 is 0. The van der Waals surface area contributed by atoms with E-state index in [1.165, 1.54) is 12.1 Å². The first-order valence-corrected chi connectivity index (χ1v) is 4.49. The normalized spacial score (nSPS) is 9.73. The van der Waals surface area contributed by atoms with Crippen LogP contribution in [0.15, 0.2) is 18.2 Å². The van der Waals surface area contributed by atoms with Crippen molar-refractivity contribution in [2.45, 2.75) is 0 Å². The van der Waals surface area contributed by atoms with Gasteiger partial charge in [0, 0.05) is 37.1 Å². The number of rotatable bonds is 5. The molecule has 0 unspecified atom stereocenters. The molecule has 0 aromatic heterocycles. The maximum atomic E-state index is 10.6. The van der Waals surface area contributed by atoms with Gasteiger partial charge in [0.05, 0.1) is 11.5 Å². The molecule has 1 aromatic rings. The number of benzene rings is 1. The highest BCUT2D eigenvalue weighted by Crippen LogP contribution is 2.23. The molecule has 0 heterocycles. The lowest BCUT2D eigenvalue weighted by molar-refractivity contribution is -0.384. The second-order valence-electron chi connectivity index (χ2n) is 2.93. The molecule has 0 saturated heterocycles. The third-order valence-electron chi connectivity index (χ3n) is 1.86. The van der Waals surface area contributed by atoms with E-state index < -0.39 is 4.92 Å². The molecule has 0 aliphatic rings. The highest BCUT2D eigenvalue weighted by Gasteiger charge is 2.08. The Labute approximate surface area is 87.1 Å². The average Bonchev–Trinajstić information content (AvgIpc) is 2.25. The highest BCUT2D eigenvalue weighted by molar-refractivity contribution is 5.63. The average molecular weight is 211 g/mol. The van der Waals surface area contributed by atoms with Gasteiger partial charge in [-0.3, -0.25) is 10.1 Å². The molecule has 82 valence electrons. The van der Waals surface area contributed by atoms with Crippen molar-refractivity contribution in [1.82, 2.24) is 0 Å². The van der Waals surface area contributed by atoms with E-state index in [4.69, 9.17) is 5.11 Å². The molecule has 0 spiro atoms. The van der Waals surface area contributed by atoms with Gasteiger partial charge in [-0.25, -0.2) is 0 Å². The van der Waals surface area contributed by atoms with Crippen LogP contribution in [0.3, 0.4) is 0 Å². The Kier molecular flexibility index (Phi) is 3.87. The van der Waals surface area contributed by atoms with Gasteiger partial charge in [0.2, 0.25) is 0 Å². The molecule has 0 aliphatic heterocycles. The van der Waals surface area contributed by atoms with Crippen LogP contribution in [0.2, 0.25) is 0 Å². The van der Waals surface area contributed by atoms with Crippen LogP contribution in [0.4, 0.5) is 17.1 Å². The molecule has 3 N–H and O–H groups in total. The molecular formula is C9H13N3O3. The molecule has 0 amide bonds. The molecule has 1 rings (SSSR count). The number of non-ortho nitro benzene ring substituents is 1. The van der Waals surface area contributed by atoms with Crippen LogP contribution in [0.25, 0.3) is 0 Å². The smallest absolute Gasteiger partial charge is 0.273 e. The van der Waals surface area contributed by atoms with Gasteiger partial charge >= 0.3 is 0 Å². The molecule has 0 saturated carbocycles. The Bertz CT molecular complexity index is 354. The molecule has 0 atom stereocenters. The van der Waals surface area contributed by atoms with Gasteiger partial charge in [-0.2, -0.15) is 0 Å². The summed E-state index contributed by atoms with van der Waals surface area (Å²) in [6, 6.07) is 4.61. The van der Waals surface area contributed by atoms with Gasteiger partial charge in [0.15, 0.2) is 0 Å². The predicted molar refractivity (Wildman–Crippen MR) is 58.2 cm³/mol. The van der Waals surface area contributed by atoms with Crippen molar-refractivity contribution >= 4 is 17.1 Å². The van der Waals surface area contributed by atoms with Gasteiger partial charge in [0.1, 0.15) is 0 Å². The van der Waals surface area contributed by atoms with Crippen molar-refractivity contribution in [3.63, 3.8) is 0 Å². The maximum Gasteiger partial charge on any atom is 0.273 e. The lowest BCUT2D eigenvalue weighted by Gasteiger charge is -2.07. The van der Waals surface area contributed by atoms with Gasteiger partial charge in [-0.05, 0) is 6.07 Å². The number of aliphatic hydroxyl groups is 1. The Morgan fingerprint density at radius 3 is 2.60 bits per heavy atom. The van der Waals surface area contributed by atoms with E-state index in [1.54, 1.807) is 13.1 Å². The molecule has 1 aromatic carbocycles. The quantitative estimate of drug-likeness (QED) is 0.500. The zero-order valence-electron chi connectivity index (χ0n) is 8.36. The number of aliphatic hydroxyl groups excluding tert-OH is 1. The second kappa shape index (κ2) is 5.16. The third-order valence-corrected chi connectivity index (χ3v) is 1.86. The fourth-order valence-corrected chi connectivity index (χ4v) is 1.16. The summed E-state index contributed by atoms with van der Waals surface area (Å²) in [5, 5.41) is 24.9. The van der Waals surface area contributed by atoms with Crippen LogP contribution in [0.1, 0.15) is 0 Å². The standard InChI is InChI=1S/C9H13N3O3/c1-10-7-4-8(11-2-3-13)6-9(5-7)12(14)15/h4-6,10-11,13H,2-3H2,1H3. The van der Waals surface area contributed by atoms with E-state index in [2.05, 4.69) is 10.6 Å². The number of nitro groups is 1. The maximum absolute atomic E-state index is 10.6. The van der Waals surface area contributed by atoms with Crippen LogP contribution in [-0.2, 0) is 0 Å². The lowest BCUT2D eigenvalue weighted by atomic mass is 10.2. The van der Waals surface area contributed by atoms with Crippen molar-refractivity contribution in [3.8, 4) is 0 Å². The van der Waals surface area contributed by atoms with Crippen molar-refractivity contribution in [2.75, 3.05) is 30.8 Å². The van der Waals surface area contributed by atoms with E-state index in [-0.39, 0.29) is 12.3 Å². The molecule has 0 aliphatic carbocycles. The molecule has 0 bridgehead atoms. The first kappa shape index (κ1) is 11.3.